The van der Waals surface area contributed by atoms with E-state index in [1.165, 1.54) is 6.07 Å². The zero-order valence-corrected chi connectivity index (χ0v) is 10.3. The molecule has 0 saturated heterocycles. The quantitative estimate of drug-likeness (QED) is 0.578. The first-order valence-electron chi connectivity index (χ1n) is 5.91. The van der Waals surface area contributed by atoms with Crippen molar-refractivity contribution in [2.24, 2.45) is 0 Å². The van der Waals surface area contributed by atoms with Gasteiger partial charge in [0.05, 0.1) is 28.7 Å². The van der Waals surface area contributed by atoms with Crippen LogP contribution in [0.15, 0.2) is 47.2 Å². The fourth-order valence-electron chi connectivity index (χ4n) is 1.98. The van der Waals surface area contributed by atoms with Gasteiger partial charge < -0.3 is 9.84 Å². The van der Waals surface area contributed by atoms with Crippen LogP contribution >= 0.6 is 0 Å². The van der Waals surface area contributed by atoms with Crippen LogP contribution in [0.5, 0.6) is 0 Å². The van der Waals surface area contributed by atoms with Gasteiger partial charge in [0.1, 0.15) is 5.52 Å². The molecule has 7 nitrogen and oxygen atoms in total. The molecule has 0 amide bonds. The number of hydrogen-bond donors (Lipinski definition) is 1. The minimum Gasteiger partial charge on any atom is -0.376 e. The van der Waals surface area contributed by atoms with Crippen molar-refractivity contribution in [3.05, 3.63) is 58.6 Å². The highest BCUT2D eigenvalue weighted by molar-refractivity contribution is 5.96. The molecule has 0 aliphatic carbocycles. The molecule has 0 radical (unpaired) electrons. The molecule has 0 atom stereocenters. The number of aromatic nitrogens is 2. The average Bonchev–Trinajstić information content (AvgIpc) is 2.97. The van der Waals surface area contributed by atoms with Crippen molar-refractivity contribution >= 4 is 22.3 Å². The van der Waals surface area contributed by atoms with Crippen LogP contribution in [0.1, 0.15) is 5.76 Å². The summed E-state index contributed by atoms with van der Waals surface area (Å²) in [4.78, 5) is 14.8. The molecular weight excluding hydrogens is 260 g/mol. The van der Waals surface area contributed by atoms with Gasteiger partial charge in [-0.15, -0.1) is 0 Å². The Morgan fingerprint density at radius 2 is 2.15 bits per heavy atom. The Labute approximate surface area is 113 Å². The summed E-state index contributed by atoms with van der Waals surface area (Å²) < 4.78 is 4.99. The lowest BCUT2D eigenvalue weighted by Gasteiger charge is -2.07. The Morgan fingerprint density at radius 1 is 1.25 bits per heavy atom. The summed E-state index contributed by atoms with van der Waals surface area (Å²) in [6, 6.07) is 8.21. The van der Waals surface area contributed by atoms with Crippen LogP contribution in [-0.2, 0) is 6.54 Å². The summed E-state index contributed by atoms with van der Waals surface area (Å²) in [5.74, 6) is 0.674. The van der Waals surface area contributed by atoms with E-state index in [2.05, 4.69) is 15.5 Å². The topological polar surface area (TPSA) is 94.1 Å². The number of pyridine rings is 1. The molecule has 20 heavy (non-hydrogen) atoms. The minimum absolute atomic E-state index is 0.0401. The zero-order valence-electron chi connectivity index (χ0n) is 10.3. The summed E-state index contributed by atoms with van der Waals surface area (Å²) >= 11 is 0. The molecule has 7 heteroatoms. The lowest BCUT2D eigenvalue weighted by Crippen LogP contribution is -2.00. The van der Waals surface area contributed by atoms with Gasteiger partial charge in [0.25, 0.3) is 5.69 Å². The molecular formula is C13H10N4O3. The first-order valence-corrected chi connectivity index (χ1v) is 5.91. The van der Waals surface area contributed by atoms with Crippen molar-refractivity contribution in [3.8, 4) is 0 Å². The second-order valence-corrected chi connectivity index (χ2v) is 4.12. The van der Waals surface area contributed by atoms with Crippen LogP contribution < -0.4 is 5.32 Å². The highest BCUT2D eigenvalue weighted by atomic mass is 16.6. The maximum absolute atomic E-state index is 11.0. The molecule has 0 bridgehead atoms. The Kier molecular flexibility index (Phi) is 3.00. The van der Waals surface area contributed by atoms with Gasteiger partial charge in [0.2, 0.25) is 0 Å². The van der Waals surface area contributed by atoms with Crippen LogP contribution in [0.3, 0.4) is 0 Å². The highest BCUT2D eigenvalue weighted by Gasteiger charge is 2.14. The van der Waals surface area contributed by atoms with E-state index >= 15 is 0 Å². The van der Waals surface area contributed by atoms with Gasteiger partial charge in [0.15, 0.2) is 5.76 Å². The van der Waals surface area contributed by atoms with E-state index in [4.69, 9.17) is 4.52 Å². The molecule has 0 saturated carbocycles. The maximum atomic E-state index is 11.0. The highest BCUT2D eigenvalue weighted by Crippen LogP contribution is 2.29. The van der Waals surface area contributed by atoms with E-state index in [9.17, 15) is 10.1 Å². The van der Waals surface area contributed by atoms with E-state index in [1.807, 2.05) is 0 Å². The molecule has 0 fully saturated rings. The second-order valence-electron chi connectivity index (χ2n) is 4.12. The number of rotatable bonds is 4. The molecule has 0 unspecified atom stereocenters. The van der Waals surface area contributed by atoms with E-state index in [0.29, 0.717) is 28.9 Å². The number of nitro groups is 1. The monoisotopic (exact) mass is 270 g/mol. The van der Waals surface area contributed by atoms with Crippen molar-refractivity contribution in [2.45, 2.75) is 6.54 Å². The van der Waals surface area contributed by atoms with E-state index < -0.39 is 4.92 Å². The van der Waals surface area contributed by atoms with Gasteiger partial charge in [-0.1, -0.05) is 5.16 Å². The number of hydrogen-bond acceptors (Lipinski definition) is 6. The molecule has 3 rings (SSSR count). The Bertz CT molecular complexity index is 755. The lowest BCUT2D eigenvalue weighted by molar-refractivity contribution is -0.383. The Morgan fingerprint density at radius 3 is 2.90 bits per heavy atom. The Balaban J connectivity index is 1.99. The summed E-state index contributed by atoms with van der Waals surface area (Å²) in [6.45, 7) is 0.434. The number of nitro benzene ring substituents is 1. The molecule has 100 valence electrons. The number of nitrogens with zero attached hydrogens (tertiary/aromatic N) is 3. The third-order valence-corrected chi connectivity index (χ3v) is 2.89. The smallest absolute Gasteiger partial charge is 0.278 e. The SMILES string of the molecule is O=[N+]([O-])c1ccc(NCc2ccno2)c2ncccc12. The molecule has 0 aliphatic rings. The molecule has 2 heterocycles. The largest absolute Gasteiger partial charge is 0.376 e. The van der Waals surface area contributed by atoms with Crippen molar-refractivity contribution < 1.29 is 9.45 Å². The molecule has 0 aliphatic heterocycles. The second kappa shape index (κ2) is 4.96. The Hall–Kier alpha value is -2.96. The normalized spacial score (nSPS) is 10.6. The summed E-state index contributed by atoms with van der Waals surface area (Å²) in [5, 5.41) is 18.3. The van der Waals surface area contributed by atoms with Crippen molar-refractivity contribution in [1.29, 1.82) is 0 Å². The van der Waals surface area contributed by atoms with Crippen LogP contribution in [0.25, 0.3) is 10.9 Å². The fraction of sp³-hybridized carbons (Fsp3) is 0.0769. The molecule has 1 aromatic carbocycles. The van der Waals surface area contributed by atoms with E-state index in [0.717, 1.165) is 0 Å². The summed E-state index contributed by atoms with van der Waals surface area (Å²) in [7, 11) is 0. The van der Waals surface area contributed by atoms with Gasteiger partial charge in [0, 0.05) is 18.3 Å². The predicted octanol–water partition coefficient (Wildman–Crippen LogP) is 2.74. The lowest BCUT2D eigenvalue weighted by atomic mass is 10.1. The van der Waals surface area contributed by atoms with Crippen LogP contribution in [-0.4, -0.2) is 15.1 Å². The number of fused-ring (bicyclic) bond motifs is 1. The first kappa shape index (κ1) is 12.1. The maximum Gasteiger partial charge on any atom is 0.278 e. The minimum atomic E-state index is -0.412. The zero-order chi connectivity index (χ0) is 13.9. The van der Waals surface area contributed by atoms with Gasteiger partial charge in [-0.25, -0.2) is 0 Å². The van der Waals surface area contributed by atoms with Crippen molar-refractivity contribution in [2.75, 3.05) is 5.32 Å². The number of benzene rings is 1. The molecule has 3 aromatic rings. The first-order chi connectivity index (χ1) is 9.75. The van der Waals surface area contributed by atoms with Crippen LogP contribution in [0.4, 0.5) is 11.4 Å². The molecule has 1 N–H and O–H groups in total. The van der Waals surface area contributed by atoms with Gasteiger partial charge in [-0.2, -0.15) is 0 Å². The van der Waals surface area contributed by atoms with Crippen molar-refractivity contribution in [1.82, 2.24) is 10.1 Å². The third kappa shape index (κ3) is 2.16. The summed E-state index contributed by atoms with van der Waals surface area (Å²) in [5.41, 5.74) is 1.31. The fourth-order valence-corrected chi connectivity index (χ4v) is 1.98. The molecule has 0 spiro atoms. The standard InChI is InChI=1S/C13H10N4O3/c18-17(19)12-4-3-11(13-10(12)2-1-6-14-13)15-8-9-5-7-16-20-9/h1-7,15H,8H2. The molecule has 2 aromatic heterocycles. The third-order valence-electron chi connectivity index (χ3n) is 2.89. The van der Waals surface area contributed by atoms with E-state index in [1.54, 1.807) is 36.7 Å². The van der Waals surface area contributed by atoms with E-state index in [-0.39, 0.29) is 5.69 Å². The predicted molar refractivity (Wildman–Crippen MR) is 72.2 cm³/mol. The average molecular weight is 270 g/mol. The van der Waals surface area contributed by atoms with Gasteiger partial charge in [-0.3, -0.25) is 15.1 Å². The van der Waals surface area contributed by atoms with Gasteiger partial charge >= 0.3 is 0 Å². The number of nitrogens with one attached hydrogen (secondary N) is 1. The van der Waals surface area contributed by atoms with Crippen LogP contribution in [0, 0.1) is 10.1 Å². The summed E-state index contributed by atoms with van der Waals surface area (Å²) in [6.07, 6.45) is 3.16. The number of non-ortho nitro benzene ring substituents is 1. The van der Waals surface area contributed by atoms with Crippen LogP contribution in [0.2, 0.25) is 0 Å². The van der Waals surface area contributed by atoms with Crippen molar-refractivity contribution in [3.63, 3.8) is 0 Å². The number of anilines is 1. The van der Waals surface area contributed by atoms with Gasteiger partial charge in [-0.05, 0) is 18.2 Å².